The molecule has 172 valence electrons. The van der Waals surface area contributed by atoms with Crippen molar-refractivity contribution < 1.29 is 24.2 Å². The summed E-state index contributed by atoms with van der Waals surface area (Å²) in [4.78, 5) is 35.9. The average molecular weight is 449 g/mol. The van der Waals surface area contributed by atoms with Crippen molar-refractivity contribution in [1.29, 1.82) is 0 Å². The van der Waals surface area contributed by atoms with Gasteiger partial charge in [0.25, 0.3) is 0 Å². The Kier molecular flexibility index (Phi) is 8.09. The number of nitrogens with one attached hydrogen (secondary N) is 2. The topological polar surface area (TPSA) is 105 Å². The minimum Gasteiger partial charge on any atom is -0.481 e. The second-order valence-corrected chi connectivity index (χ2v) is 8.10. The van der Waals surface area contributed by atoms with Crippen LogP contribution < -0.4 is 10.6 Å². The first-order chi connectivity index (χ1) is 15.9. The van der Waals surface area contributed by atoms with Gasteiger partial charge in [-0.15, -0.1) is 11.8 Å². The van der Waals surface area contributed by atoms with Crippen molar-refractivity contribution in [2.75, 3.05) is 13.2 Å². The summed E-state index contributed by atoms with van der Waals surface area (Å²) in [6, 6.07) is 15.2. The van der Waals surface area contributed by atoms with Gasteiger partial charge < -0.3 is 20.5 Å². The fraction of sp³-hybridized carbons (Fsp3) is 0.346. The first-order valence-corrected chi connectivity index (χ1v) is 10.9. The van der Waals surface area contributed by atoms with Crippen molar-refractivity contribution in [1.82, 2.24) is 10.6 Å². The zero-order valence-electron chi connectivity index (χ0n) is 18.8. The molecule has 0 radical (unpaired) electrons. The number of amides is 2. The molecule has 33 heavy (non-hydrogen) atoms. The van der Waals surface area contributed by atoms with Gasteiger partial charge in [0.2, 0.25) is 5.91 Å². The predicted octanol–water partition coefficient (Wildman–Crippen LogP) is 3.53. The van der Waals surface area contributed by atoms with E-state index in [9.17, 15) is 14.4 Å². The molecule has 2 aromatic rings. The van der Waals surface area contributed by atoms with Crippen LogP contribution in [0.25, 0.3) is 11.1 Å². The fourth-order valence-electron chi connectivity index (χ4n) is 3.96. The first-order valence-electron chi connectivity index (χ1n) is 10.9. The molecule has 2 amide bonds. The van der Waals surface area contributed by atoms with Crippen LogP contribution in [0.15, 0.2) is 48.5 Å². The van der Waals surface area contributed by atoms with Crippen LogP contribution in [-0.4, -0.2) is 42.3 Å². The van der Waals surface area contributed by atoms with Crippen molar-refractivity contribution in [2.24, 2.45) is 5.92 Å². The van der Waals surface area contributed by atoms with E-state index in [4.69, 9.17) is 9.84 Å². The molecule has 3 rings (SSSR count). The van der Waals surface area contributed by atoms with Crippen LogP contribution in [0.5, 0.6) is 0 Å². The number of carboxylic acid groups (broad SMARTS) is 1. The van der Waals surface area contributed by atoms with E-state index in [1.54, 1.807) is 13.8 Å². The standard InChI is InChI=1S/C26H28N2O5/c1-3-4-13-23(25(31)27-15-17(2)14-24(29)30)28-26(32)33-16-22-20-11-7-5-9-18(20)19-10-6-8-12-21(19)22/h5-12,17,22-23H,13-16H2,1-2H3,(H,27,31)(H,28,32)(H,29,30). The van der Waals surface area contributed by atoms with Crippen LogP contribution in [0.1, 0.15) is 43.7 Å². The number of fused-ring (bicyclic) bond motifs is 3. The summed E-state index contributed by atoms with van der Waals surface area (Å²) in [5, 5.41) is 14.1. The zero-order chi connectivity index (χ0) is 23.8. The lowest BCUT2D eigenvalue weighted by Crippen LogP contribution is -2.47. The molecule has 7 heteroatoms. The van der Waals surface area contributed by atoms with Gasteiger partial charge in [-0.3, -0.25) is 9.59 Å². The monoisotopic (exact) mass is 448 g/mol. The molecule has 0 fully saturated rings. The first kappa shape index (κ1) is 23.9. The Labute approximate surface area is 193 Å². The van der Waals surface area contributed by atoms with Gasteiger partial charge in [0.15, 0.2) is 0 Å². The second kappa shape index (κ2) is 11.2. The molecule has 0 aromatic heterocycles. The lowest BCUT2D eigenvalue weighted by Gasteiger charge is -2.19. The quantitative estimate of drug-likeness (QED) is 0.509. The Bertz CT molecular complexity index is 1040. The van der Waals surface area contributed by atoms with E-state index in [1.807, 2.05) is 36.4 Å². The highest BCUT2D eigenvalue weighted by Gasteiger charge is 2.29. The van der Waals surface area contributed by atoms with Crippen LogP contribution in [0, 0.1) is 17.8 Å². The Morgan fingerprint density at radius 3 is 2.24 bits per heavy atom. The minimum atomic E-state index is -0.929. The van der Waals surface area contributed by atoms with Gasteiger partial charge in [0, 0.05) is 25.3 Å². The molecule has 3 N–H and O–H groups in total. The van der Waals surface area contributed by atoms with E-state index in [-0.39, 0.29) is 37.8 Å². The third-order valence-corrected chi connectivity index (χ3v) is 5.58. The number of carboxylic acids is 1. The number of hydrogen-bond donors (Lipinski definition) is 3. The van der Waals surface area contributed by atoms with Gasteiger partial charge in [-0.05, 0) is 35.1 Å². The maximum absolute atomic E-state index is 12.6. The molecule has 1 aliphatic carbocycles. The summed E-state index contributed by atoms with van der Waals surface area (Å²) in [5.41, 5.74) is 4.47. The molecule has 0 spiro atoms. The Morgan fingerprint density at radius 1 is 1.06 bits per heavy atom. The average Bonchev–Trinajstić information content (AvgIpc) is 3.12. The maximum Gasteiger partial charge on any atom is 0.407 e. The SMILES string of the molecule is CC#CCC(NC(=O)OCC1c2ccccc2-c2ccccc21)C(=O)NCC(C)CC(=O)O. The Morgan fingerprint density at radius 2 is 1.67 bits per heavy atom. The third kappa shape index (κ3) is 6.13. The maximum atomic E-state index is 12.6. The lowest BCUT2D eigenvalue weighted by atomic mass is 9.98. The van der Waals surface area contributed by atoms with Crippen LogP contribution in [0.2, 0.25) is 0 Å². The van der Waals surface area contributed by atoms with Gasteiger partial charge in [-0.2, -0.15) is 0 Å². The molecule has 0 heterocycles. The molecule has 0 saturated heterocycles. The van der Waals surface area contributed by atoms with Crippen LogP contribution >= 0.6 is 0 Å². The van der Waals surface area contributed by atoms with E-state index >= 15 is 0 Å². The number of carbonyl (C=O) groups excluding carboxylic acids is 2. The normalized spacial score (nSPS) is 13.5. The van der Waals surface area contributed by atoms with Crippen LogP contribution in [-0.2, 0) is 14.3 Å². The van der Waals surface area contributed by atoms with Crippen LogP contribution in [0.4, 0.5) is 4.79 Å². The van der Waals surface area contributed by atoms with Gasteiger partial charge in [-0.1, -0.05) is 55.5 Å². The highest BCUT2D eigenvalue weighted by molar-refractivity contribution is 5.86. The highest BCUT2D eigenvalue weighted by atomic mass is 16.5. The molecule has 0 bridgehead atoms. The summed E-state index contributed by atoms with van der Waals surface area (Å²) >= 11 is 0. The van der Waals surface area contributed by atoms with Crippen molar-refractivity contribution in [3.8, 4) is 23.0 Å². The number of benzene rings is 2. The Hall–Kier alpha value is -3.79. The van der Waals surface area contributed by atoms with Gasteiger partial charge in [-0.25, -0.2) is 4.79 Å². The molecule has 2 atom stereocenters. The van der Waals surface area contributed by atoms with Gasteiger partial charge in [0.1, 0.15) is 12.6 Å². The molecule has 0 saturated carbocycles. The molecular formula is C26H28N2O5. The minimum absolute atomic E-state index is 0.0560. The fourth-order valence-corrected chi connectivity index (χ4v) is 3.96. The van der Waals surface area contributed by atoms with Crippen molar-refractivity contribution >= 4 is 18.0 Å². The molecule has 7 nitrogen and oxygen atoms in total. The smallest absolute Gasteiger partial charge is 0.407 e. The number of ether oxygens (including phenoxy) is 1. The zero-order valence-corrected chi connectivity index (χ0v) is 18.8. The van der Waals surface area contributed by atoms with Crippen molar-refractivity contribution in [2.45, 2.75) is 38.6 Å². The van der Waals surface area contributed by atoms with E-state index in [0.717, 1.165) is 22.3 Å². The number of rotatable bonds is 9. The highest BCUT2D eigenvalue weighted by Crippen LogP contribution is 2.44. The summed E-state index contributed by atoms with van der Waals surface area (Å²) in [7, 11) is 0. The van der Waals surface area contributed by atoms with Crippen molar-refractivity contribution in [3.05, 3.63) is 59.7 Å². The molecule has 0 aliphatic heterocycles. The van der Waals surface area contributed by atoms with E-state index in [1.165, 1.54) is 0 Å². The molecular weight excluding hydrogens is 420 g/mol. The van der Waals surface area contributed by atoms with Crippen molar-refractivity contribution in [3.63, 3.8) is 0 Å². The summed E-state index contributed by atoms with van der Waals surface area (Å²) < 4.78 is 5.52. The van der Waals surface area contributed by atoms with E-state index in [2.05, 4.69) is 34.6 Å². The number of carbonyl (C=O) groups is 3. The predicted molar refractivity (Wildman–Crippen MR) is 124 cm³/mol. The summed E-state index contributed by atoms with van der Waals surface area (Å²) in [6.45, 7) is 3.71. The van der Waals surface area contributed by atoms with Gasteiger partial charge in [0.05, 0.1) is 0 Å². The molecule has 1 aliphatic rings. The van der Waals surface area contributed by atoms with E-state index in [0.29, 0.717) is 0 Å². The van der Waals surface area contributed by atoms with E-state index < -0.39 is 24.0 Å². The second-order valence-electron chi connectivity index (χ2n) is 8.10. The number of alkyl carbamates (subject to hydrolysis) is 1. The molecule has 2 aromatic carbocycles. The molecule has 2 unspecified atom stereocenters. The largest absolute Gasteiger partial charge is 0.481 e. The summed E-state index contributed by atoms with van der Waals surface area (Å²) in [6.07, 6.45) is -0.632. The summed E-state index contributed by atoms with van der Waals surface area (Å²) in [5.74, 6) is 3.84. The Balaban J connectivity index is 1.61. The number of aliphatic carboxylic acids is 1. The van der Waals surface area contributed by atoms with Crippen LogP contribution in [0.3, 0.4) is 0 Å². The lowest BCUT2D eigenvalue weighted by molar-refractivity contribution is -0.138. The number of hydrogen-bond acceptors (Lipinski definition) is 4. The van der Waals surface area contributed by atoms with Gasteiger partial charge >= 0.3 is 12.1 Å². The third-order valence-electron chi connectivity index (χ3n) is 5.58.